The standard InChI is InChI=1S/C42H70NO8P/c1-6-8-10-12-14-16-18-20-21-23-25-27-29-31-33-35-42(45)51-40(39-50-52(46,47)49-37-36-43(3,4)5)38-48-41(44)34-32-30-28-26-24-22-19-17-15-13-11-9-7-2/h8-11,14-17,20-22,24-25,27,40H,6-7,12-13,18-19,23,26,28-39H2,1-5H3/b10-8-,11-9-,16-14-,17-15-,21-20-,24-22-,27-25-. The lowest BCUT2D eigenvalue weighted by atomic mass is 10.1. The molecule has 0 aliphatic carbocycles. The topological polar surface area (TPSA) is 111 Å². The summed E-state index contributed by atoms with van der Waals surface area (Å²) in [5, 5.41) is 0. The summed E-state index contributed by atoms with van der Waals surface area (Å²) in [6.07, 6.45) is 41.9. The van der Waals surface area contributed by atoms with Gasteiger partial charge in [-0.3, -0.25) is 14.2 Å². The van der Waals surface area contributed by atoms with Gasteiger partial charge in [0.1, 0.15) is 19.8 Å². The molecule has 2 atom stereocenters. The van der Waals surface area contributed by atoms with Crippen molar-refractivity contribution in [3.05, 3.63) is 85.1 Å². The quantitative estimate of drug-likeness (QED) is 0.0215. The van der Waals surface area contributed by atoms with E-state index in [1.807, 2.05) is 21.1 Å². The Morgan fingerprint density at radius 1 is 0.596 bits per heavy atom. The van der Waals surface area contributed by atoms with E-state index in [9.17, 15) is 19.0 Å². The zero-order valence-electron chi connectivity index (χ0n) is 33.0. The monoisotopic (exact) mass is 747 g/mol. The van der Waals surface area contributed by atoms with Crippen molar-refractivity contribution in [3.63, 3.8) is 0 Å². The van der Waals surface area contributed by atoms with Crippen LogP contribution in [0, 0.1) is 0 Å². The number of carbonyl (C=O) groups excluding carboxylic acids is 2. The van der Waals surface area contributed by atoms with E-state index in [1.165, 1.54) is 0 Å². The number of ether oxygens (including phenoxy) is 2. The number of hydrogen-bond acceptors (Lipinski definition) is 8. The molecule has 0 fully saturated rings. The van der Waals surface area contributed by atoms with Gasteiger partial charge in [0, 0.05) is 12.8 Å². The van der Waals surface area contributed by atoms with Gasteiger partial charge in [-0.25, -0.2) is 0 Å². The molecule has 0 aromatic rings. The first kappa shape index (κ1) is 49.2. The van der Waals surface area contributed by atoms with Gasteiger partial charge >= 0.3 is 11.9 Å². The first-order chi connectivity index (χ1) is 25.0. The van der Waals surface area contributed by atoms with Gasteiger partial charge < -0.3 is 27.9 Å². The van der Waals surface area contributed by atoms with Crippen molar-refractivity contribution in [3.8, 4) is 0 Å². The molecule has 0 spiro atoms. The molecule has 9 nitrogen and oxygen atoms in total. The highest BCUT2D eigenvalue weighted by Gasteiger charge is 2.21. The van der Waals surface area contributed by atoms with Crippen molar-refractivity contribution in [2.45, 2.75) is 123 Å². The number of rotatable bonds is 33. The maximum atomic E-state index is 12.6. The lowest BCUT2D eigenvalue weighted by molar-refractivity contribution is -0.870. The third-order valence-electron chi connectivity index (χ3n) is 7.41. The minimum atomic E-state index is -4.64. The first-order valence-electron chi connectivity index (χ1n) is 19.3. The van der Waals surface area contributed by atoms with E-state index in [-0.39, 0.29) is 26.1 Å². The molecular formula is C42H70NO8P. The number of carbonyl (C=O) groups is 2. The van der Waals surface area contributed by atoms with E-state index >= 15 is 0 Å². The van der Waals surface area contributed by atoms with Crippen LogP contribution in [0.25, 0.3) is 0 Å². The molecule has 0 heterocycles. The van der Waals surface area contributed by atoms with Crippen LogP contribution < -0.4 is 4.89 Å². The molecule has 0 radical (unpaired) electrons. The second-order valence-electron chi connectivity index (χ2n) is 13.5. The first-order valence-corrected chi connectivity index (χ1v) is 20.8. The lowest BCUT2D eigenvalue weighted by Gasteiger charge is -2.28. The minimum Gasteiger partial charge on any atom is -0.756 e. The highest BCUT2D eigenvalue weighted by Crippen LogP contribution is 2.38. The normalized spacial score (nSPS) is 14.7. The van der Waals surface area contributed by atoms with Crippen molar-refractivity contribution in [1.82, 2.24) is 0 Å². The third-order valence-corrected chi connectivity index (χ3v) is 8.37. The van der Waals surface area contributed by atoms with Gasteiger partial charge in [0.15, 0.2) is 6.10 Å². The molecular weight excluding hydrogens is 677 g/mol. The number of nitrogens with zero attached hydrogens (tertiary/aromatic N) is 1. The summed E-state index contributed by atoms with van der Waals surface area (Å²) in [7, 11) is 1.10. The van der Waals surface area contributed by atoms with E-state index in [1.54, 1.807) is 0 Å². The van der Waals surface area contributed by atoms with Gasteiger partial charge in [-0.05, 0) is 83.5 Å². The van der Waals surface area contributed by atoms with Crippen molar-refractivity contribution < 1.29 is 42.1 Å². The Balaban J connectivity index is 4.58. The Hall–Kier alpha value is -2.81. The molecule has 0 aliphatic heterocycles. The molecule has 10 heteroatoms. The molecule has 0 N–H and O–H groups in total. The van der Waals surface area contributed by atoms with Crippen LogP contribution in [-0.2, 0) is 32.7 Å². The van der Waals surface area contributed by atoms with Crippen molar-refractivity contribution in [2.75, 3.05) is 47.5 Å². The highest BCUT2D eigenvalue weighted by molar-refractivity contribution is 7.45. The van der Waals surface area contributed by atoms with Crippen molar-refractivity contribution >= 4 is 19.8 Å². The van der Waals surface area contributed by atoms with Crippen molar-refractivity contribution in [2.24, 2.45) is 0 Å². The smallest absolute Gasteiger partial charge is 0.306 e. The summed E-state index contributed by atoms with van der Waals surface area (Å²) in [6, 6.07) is 0. The number of unbranched alkanes of at least 4 members (excludes halogenated alkanes) is 5. The van der Waals surface area contributed by atoms with Crippen LogP contribution in [0.1, 0.15) is 117 Å². The molecule has 0 aromatic carbocycles. The average Bonchev–Trinajstić information content (AvgIpc) is 3.09. The van der Waals surface area contributed by atoms with E-state index in [0.29, 0.717) is 23.9 Å². The van der Waals surface area contributed by atoms with Crippen LogP contribution in [0.4, 0.5) is 0 Å². The van der Waals surface area contributed by atoms with Crippen LogP contribution in [0.2, 0.25) is 0 Å². The number of quaternary nitrogens is 1. The van der Waals surface area contributed by atoms with Crippen LogP contribution >= 0.6 is 7.82 Å². The van der Waals surface area contributed by atoms with E-state index < -0.39 is 32.5 Å². The largest absolute Gasteiger partial charge is 0.756 e. The number of esters is 2. The Morgan fingerprint density at radius 3 is 1.54 bits per heavy atom. The fourth-order valence-corrected chi connectivity index (χ4v) is 5.15. The Morgan fingerprint density at radius 2 is 1.04 bits per heavy atom. The molecule has 0 aliphatic rings. The number of likely N-dealkylation sites (N-methyl/N-ethyl adjacent to an activating group) is 1. The number of hydrogen-bond donors (Lipinski definition) is 0. The molecule has 0 saturated carbocycles. The van der Waals surface area contributed by atoms with Gasteiger partial charge in [0.25, 0.3) is 7.82 Å². The molecule has 52 heavy (non-hydrogen) atoms. The molecule has 296 valence electrons. The van der Waals surface area contributed by atoms with Gasteiger partial charge in [0.2, 0.25) is 0 Å². The fraction of sp³-hybridized carbons (Fsp3) is 0.619. The predicted molar refractivity (Wildman–Crippen MR) is 212 cm³/mol. The zero-order valence-corrected chi connectivity index (χ0v) is 33.9. The van der Waals surface area contributed by atoms with E-state index in [2.05, 4.69) is 98.9 Å². The Kier molecular flexibility index (Phi) is 32.2. The number of phosphoric acid groups is 1. The Bertz CT molecular complexity index is 1160. The lowest BCUT2D eigenvalue weighted by Crippen LogP contribution is -2.37. The summed E-state index contributed by atoms with van der Waals surface area (Å²) in [5.74, 6) is -0.931. The average molecular weight is 748 g/mol. The van der Waals surface area contributed by atoms with E-state index in [4.69, 9.17) is 18.5 Å². The summed E-state index contributed by atoms with van der Waals surface area (Å²) in [6.45, 7) is 3.87. The van der Waals surface area contributed by atoms with Crippen molar-refractivity contribution in [1.29, 1.82) is 0 Å². The maximum absolute atomic E-state index is 12.6. The maximum Gasteiger partial charge on any atom is 0.306 e. The molecule has 2 unspecified atom stereocenters. The summed E-state index contributed by atoms with van der Waals surface area (Å²) < 4.78 is 33.7. The predicted octanol–water partition coefficient (Wildman–Crippen LogP) is 9.82. The zero-order chi connectivity index (χ0) is 38.6. The number of phosphoric ester groups is 1. The van der Waals surface area contributed by atoms with Gasteiger partial charge in [-0.1, -0.05) is 105 Å². The summed E-state index contributed by atoms with van der Waals surface area (Å²) in [4.78, 5) is 37.3. The molecule has 0 amide bonds. The summed E-state index contributed by atoms with van der Waals surface area (Å²) in [5.41, 5.74) is 0. The summed E-state index contributed by atoms with van der Waals surface area (Å²) >= 11 is 0. The Labute approximate surface area is 316 Å². The second-order valence-corrected chi connectivity index (χ2v) is 14.9. The van der Waals surface area contributed by atoms with Gasteiger partial charge in [-0.15, -0.1) is 0 Å². The van der Waals surface area contributed by atoms with E-state index in [0.717, 1.165) is 77.0 Å². The van der Waals surface area contributed by atoms with Crippen LogP contribution in [0.15, 0.2) is 85.1 Å². The minimum absolute atomic E-state index is 0.0488. The molecule has 0 rings (SSSR count). The van der Waals surface area contributed by atoms with Crippen LogP contribution in [0.3, 0.4) is 0 Å². The van der Waals surface area contributed by atoms with Crippen LogP contribution in [0.5, 0.6) is 0 Å². The van der Waals surface area contributed by atoms with Gasteiger partial charge in [-0.2, -0.15) is 0 Å². The molecule has 0 saturated heterocycles. The molecule has 0 bridgehead atoms. The SMILES string of the molecule is CC/C=C\C/C=C\C/C=C\C/C=C\CCCCC(=O)OC(COC(=O)CCCCC/C=C\C/C=C\C/C=C\CC)COP(=O)([O-])OCC[N+](C)(C)C. The van der Waals surface area contributed by atoms with Gasteiger partial charge in [0.05, 0.1) is 27.7 Å². The molecule has 0 aromatic heterocycles. The second kappa shape index (κ2) is 34.0. The third kappa shape index (κ3) is 37.0. The highest BCUT2D eigenvalue weighted by atomic mass is 31.2. The fourth-order valence-electron chi connectivity index (χ4n) is 4.42. The number of allylic oxidation sites excluding steroid dienone is 14. The van der Waals surface area contributed by atoms with Crippen LogP contribution in [-0.4, -0.2) is 70.0 Å².